The van der Waals surface area contributed by atoms with Crippen molar-refractivity contribution in [3.05, 3.63) is 57.9 Å². The maximum absolute atomic E-state index is 12.8. The molecule has 0 bridgehead atoms. The van der Waals surface area contributed by atoms with Gasteiger partial charge in [-0.25, -0.2) is 4.79 Å². The summed E-state index contributed by atoms with van der Waals surface area (Å²) in [5.74, 6) is 0.492. The molecule has 0 saturated carbocycles. The summed E-state index contributed by atoms with van der Waals surface area (Å²) < 4.78 is 5.40. The van der Waals surface area contributed by atoms with Crippen molar-refractivity contribution in [2.45, 2.75) is 19.9 Å². The van der Waals surface area contributed by atoms with Gasteiger partial charge in [-0.1, -0.05) is 6.07 Å². The lowest BCUT2D eigenvalue weighted by atomic mass is 10.0. The average Bonchev–Trinajstić information content (AvgIpc) is 3.10. The summed E-state index contributed by atoms with van der Waals surface area (Å²) in [5.41, 5.74) is 1.71. The maximum Gasteiger partial charge on any atom is 0.319 e. The minimum atomic E-state index is -0.462. The molecule has 1 atom stereocenters. The number of amides is 3. The molecule has 1 aromatic carbocycles. The summed E-state index contributed by atoms with van der Waals surface area (Å²) in [6.45, 7) is 4.23. The number of hydrogen-bond donors (Lipinski definition) is 3. The summed E-state index contributed by atoms with van der Waals surface area (Å²) in [6, 6.07) is 10.2. The van der Waals surface area contributed by atoms with Gasteiger partial charge in [-0.05, 0) is 49.6 Å². The first-order chi connectivity index (χ1) is 12.1. The van der Waals surface area contributed by atoms with Crippen molar-refractivity contribution in [1.29, 1.82) is 0 Å². The molecular formula is C18H19N3O3S. The Kier molecular flexibility index (Phi) is 5.04. The number of urea groups is 1. The van der Waals surface area contributed by atoms with E-state index < -0.39 is 6.04 Å². The zero-order chi connectivity index (χ0) is 17.8. The van der Waals surface area contributed by atoms with Gasteiger partial charge in [0.2, 0.25) is 0 Å². The number of ether oxygens (including phenoxy) is 1. The molecule has 130 valence electrons. The van der Waals surface area contributed by atoms with Crippen LogP contribution in [0.1, 0.15) is 24.8 Å². The number of nitrogens with one attached hydrogen (secondary N) is 3. The zero-order valence-electron chi connectivity index (χ0n) is 14.0. The van der Waals surface area contributed by atoms with Crippen LogP contribution in [0.4, 0.5) is 10.5 Å². The number of hydrogen-bond acceptors (Lipinski definition) is 4. The van der Waals surface area contributed by atoms with E-state index in [0.717, 1.165) is 10.6 Å². The molecule has 0 unspecified atom stereocenters. The lowest BCUT2D eigenvalue weighted by Crippen LogP contribution is -2.45. The van der Waals surface area contributed by atoms with Gasteiger partial charge in [-0.15, -0.1) is 11.3 Å². The number of benzene rings is 1. The van der Waals surface area contributed by atoms with Crippen LogP contribution >= 0.6 is 11.3 Å². The molecule has 3 N–H and O–H groups in total. The fraction of sp³-hybridized carbons (Fsp3) is 0.222. The molecule has 3 amide bonds. The van der Waals surface area contributed by atoms with Crippen molar-refractivity contribution in [1.82, 2.24) is 10.6 Å². The molecule has 2 aromatic rings. The molecule has 2 heterocycles. The van der Waals surface area contributed by atoms with Gasteiger partial charge in [0.25, 0.3) is 5.91 Å². The largest absolute Gasteiger partial charge is 0.494 e. The molecule has 0 aliphatic carbocycles. The Hall–Kier alpha value is -2.80. The van der Waals surface area contributed by atoms with Crippen LogP contribution in [0.3, 0.4) is 0 Å². The van der Waals surface area contributed by atoms with Crippen LogP contribution in [0, 0.1) is 0 Å². The molecule has 0 fully saturated rings. The van der Waals surface area contributed by atoms with E-state index in [4.69, 9.17) is 4.74 Å². The maximum atomic E-state index is 12.8. The second-order valence-corrected chi connectivity index (χ2v) is 6.48. The van der Waals surface area contributed by atoms with Crippen molar-refractivity contribution in [3.63, 3.8) is 0 Å². The van der Waals surface area contributed by atoms with E-state index in [1.807, 2.05) is 24.4 Å². The van der Waals surface area contributed by atoms with E-state index >= 15 is 0 Å². The Morgan fingerprint density at radius 2 is 2.04 bits per heavy atom. The lowest BCUT2D eigenvalue weighted by Gasteiger charge is -2.27. The number of thiophene rings is 1. The Morgan fingerprint density at radius 3 is 2.68 bits per heavy atom. The second-order valence-electron chi connectivity index (χ2n) is 5.50. The van der Waals surface area contributed by atoms with E-state index in [-0.39, 0.29) is 11.9 Å². The molecule has 3 rings (SSSR count). The molecule has 6 nitrogen and oxygen atoms in total. The monoisotopic (exact) mass is 357 g/mol. The fourth-order valence-electron chi connectivity index (χ4n) is 2.66. The van der Waals surface area contributed by atoms with Gasteiger partial charge in [0.15, 0.2) is 0 Å². The third-order valence-corrected chi connectivity index (χ3v) is 4.70. The van der Waals surface area contributed by atoms with Gasteiger partial charge in [0.05, 0.1) is 18.2 Å². The summed E-state index contributed by atoms with van der Waals surface area (Å²) >= 11 is 1.50. The smallest absolute Gasteiger partial charge is 0.319 e. The number of rotatable bonds is 5. The molecule has 25 heavy (non-hydrogen) atoms. The first-order valence-electron chi connectivity index (χ1n) is 7.94. The number of carbonyl (C=O) groups is 2. The van der Waals surface area contributed by atoms with Gasteiger partial charge in [0.1, 0.15) is 5.75 Å². The highest BCUT2D eigenvalue weighted by Gasteiger charge is 2.31. The van der Waals surface area contributed by atoms with Crippen molar-refractivity contribution in [2.24, 2.45) is 0 Å². The van der Waals surface area contributed by atoms with Crippen LogP contribution in [0.25, 0.3) is 0 Å². The Bertz CT molecular complexity index is 797. The Labute approximate surface area is 149 Å². The summed E-state index contributed by atoms with van der Waals surface area (Å²) in [5, 5.41) is 10.3. The molecule has 1 aromatic heterocycles. The standard InChI is InChI=1S/C18H19N3O3S/c1-3-24-13-8-6-12(7-9-13)20-17(22)15-11(2)19-18(23)21-16(15)14-5-4-10-25-14/h4-10,16H,3H2,1-2H3,(H,20,22)(H2,19,21,23)/t16-/m1/s1. The van der Waals surface area contributed by atoms with Crippen molar-refractivity contribution in [3.8, 4) is 5.75 Å². The average molecular weight is 357 g/mol. The zero-order valence-corrected chi connectivity index (χ0v) is 14.8. The van der Waals surface area contributed by atoms with Crippen LogP contribution < -0.4 is 20.7 Å². The van der Waals surface area contributed by atoms with Crippen molar-refractivity contribution in [2.75, 3.05) is 11.9 Å². The molecule has 0 saturated heterocycles. The van der Waals surface area contributed by atoms with Crippen LogP contribution in [-0.4, -0.2) is 18.5 Å². The van der Waals surface area contributed by atoms with Crippen LogP contribution in [0.15, 0.2) is 53.0 Å². The summed E-state index contributed by atoms with van der Waals surface area (Å²) in [4.78, 5) is 25.5. The predicted molar refractivity (Wildman–Crippen MR) is 97.7 cm³/mol. The van der Waals surface area contributed by atoms with Crippen LogP contribution in [0.2, 0.25) is 0 Å². The minimum Gasteiger partial charge on any atom is -0.494 e. The van der Waals surface area contributed by atoms with Gasteiger partial charge >= 0.3 is 6.03 Å². The van der Waals surface area contributed by atoms with Crippen molar-refractivity contribution >= 4 is 29.0 Å². The minimum absolute atomic E-state index is 0.257. The molecule has 0 radical (unpaired) electrons. The van der Waals surface area contributed by atoms with Gasteiger partial charge < -0.3 is 20.7 Å². The third kappa shape index (κ3) is 3.83. The third-order valence-electron chi connectivity index (χ3n) is 3.76. The number of carbonyl (C=O) groups excluding carboxylic acids is 2. The Balaban J connectivity index is 1.83. The molecular weight excluding hydrogens is 338 g/mol. The summed E-state index contributed by atoms with van der Waals surface area (Å²) in [6.07, 6.45) is 0. The first kappa shape index (κ1) is 17.0. The van der Waals surface area contributed by atoms with Gasteiger partial charge in [-0.2, -0.15) is 0 Å². The molecule has 1 aliphatic rings. The van der Waals surface area contributed by atoms with Crippen LogP contribution in [-0.2, 0) is 4.79 Å². The lowest BCUT2D eigenvalue weighted by molar-refractivity contribution is -0.113. The second kappa shape index (κ2) is 7.40. The van der Waals surface area contributed by atoms with E-state index in [2.05, 4.69) is 16.0 Å². The van der Waals surface area contributed by atoms with E-state index in [0.29, 0.717) is 23.6 Å². The fourth-order valence-corrected chi connectivity index (χ4v) is 3.45. The quantitative estimate of drug-likeness (QED) is 0.767. The summed E-state index contributed by atoms with van der Waals surface area (Å²) in [7, 11) is 0. The van der Waals surface area contributed by atoms with Crippen molar-refractivity contribution < 1.29 is 14.3 Å². The van der Waals surface area contributed by atoms with Gasteiger partial charge in [0, 0.05) is 16.3 Å². The SMILES string of the molecule is CCOc1ccc(NC(=O)C2=C(C)NC(=O)N[C@@H]2c2cccs2)cc1. The highest BCUT2D eigenvalue weighted by molar-refractivity contribution is 7.10. The van der Waals surface area contributed by atoms with E-state index in [9.17, 15) is 9.59 Å². The number of anilines is 1. The number of allylic oxidation sites excluding steroid dienone is 1. The first-order valence-corrected chi connectivity index (χ1v) is 8.82. The van der Waals surface area contributed by atoms with E-state index in [1.54, 1.807) is 31.2 Å². The topological polar surface area (TPSA) is 79.5 Å². The molecule has 1 aliphatic heterocycles. The highest BCUT2D eigenvalue weighted by atomic mass is 32.1. The van der Waals surface area contributed by atoms with Crippen LogP contribution in [0.5, 0.6) is 5.75 Å². The van der Waals surface area contributed by atoms with Gasteiger partial charge in [-0.3, -0.25) is 4.79 Å². The predicted octanol–water partition coefficient (Wildman–Crippen LogP) is 3.41. The molecule has 7 heteroatoms. The normalized spacial score (nSPS) is 16.9. The van der Waals surface area contributed by atoms with E-state index in [1.165, 1.54) is 11.3 Å². The Morgan fingerprint density at radius 1 is 1.28 bits per heavy atom. The molecule has 0 spiro atoms. The highest BCUT2D eigenvalue weighted by Crippen LogP contribution is 2.30.